The first-order valence-corrected chi connectivity index (χ1v) is 6.95. The minimum absolute atomic E-state index is 0.123. The molecule has 1 aromatic carbocycles. The van der Waals surface area contributed by atoms with Gasteiger partial charge in [0.05, 0.1) is 16.6 Å². The Morgan fingerprint density at radius 1 is 1.05 bits per heavy atom. The van der Waals surface area contributed by atoms with E-state index in [2.05, 4.69) is 15.0 Å². The standard InChI is InChI=1S/C16H11N3O3/c1-2-7-10-12(8-5-3-4-6-9(8)13(10)20)17-14-11(7)15(21)19-16(22)18-14/h3-6H,2H2,1H3,(H2,17,18,19,21,22). The summed E-state index contributed by atoms with van der Waals surface area (Å²) in [6.45, 7) is 1.87. The summed E-state index contributed by atoms with van der Waals surface area (Å²) in [5.41, 5.74) is 2.03. The predicted molar refractivity (Wildman–Crippen MR) is 81.2 cm³/mol. The number of nitrogens with zero attached hydrogens (tertiary/aromatic N) is 1. The number of fused-ring (bicyclic) bond motifs is 4. The summed E-state index contributed by atoms with van der Waals surface area (Å²) in [5.74, 6) is -0.123. The molecular formula is C16H11N3O3. The van der Waals surface area contributed by atoms with Gasteiger partial charge in [-0.2, -0.15) is 0 Å². The number of aromatic nitrogens is 3. The molecule has 1 aliphatic rings. The maximum atomic E-state index is 12.7. The Morgan fingerprint density at radius 3 is 2.50 bits per heavy atom. The van der Waals surface area contributed by atoms with E-state index in [0.29, 0.717) is 28.8 Å². The van der Waals surface area contributed by atoms with Crippen LogP contribution in [0.2, 0.25) is 0 Å². The highest BCUT2D eigenvalue weighted by Gasteiger charge is 2.32. The van der Waals surface area contributed by atoms with Crippen molar-refractivity contribution in [3.05, 3.63) is 61.8 Å². The van der Waals surface area contributed by atoms with E-state index in [4.69, 9.17) is 0 Å². The van der Waals surface area contributed by atoms with Crippen LogP contribution < -0.4 is 11.2 Å². The zero-order valence-electron chi connectivity index (χ0n) is 11.7. The van der Waals surface area contributed by atoms with Crippen molar-refractivity contribution in [1.82, 2.24) is 15.0 Å². The average molecular weight is 293 g/mol. The Balaban J connectivity index is 2.25. The van der Waals surface area contributed by atoms with Gasteiger partial charge in [0.25, 0.3) is 5.56 Å². The van der Waals surface area contributed by atoms with Crippen LogP contribution in [0.25, 0.3) is 22.3 Å². The second-order valence-corrected chi connectivity index (χ2v) is 5.17. The second kappa shape index (κ2) is 4.24. The fourth-order valence-electron chi connectivity index (χ4n) is 3.09. The number of nitrogens with one attached hydrogen (secondary N) is 2. The van der Waals surface area contributed by atoms with Gasteiger partial charge in [0.1, 0.15) is 5.65 Å². The molecule has 2 heterocycles. The van der Waals surface area contributed by atoms with Crippen molar-refractivity contribution >= 4 is 16.8 Å². The lowest BCUT2D eigenvalue weighted by molar-refractivity contribution is 0.104. The number of benzene rings is 1. The van der Waals surface area contributed by atoms with Gasteiger partial charge in [-0.1, -0.05) is 31.2 Å². The molecule has 0 saturated heterocycles. The highest BCUT2D eigenvalue weighted by molar-refractivity contribution is 6.23. The van der Waals surface area contributed by atoms with Crippen LogP contribution in [0, 0.1) is 0 Å². The third-order valence-corrected chi connectivity index (χ3v) is 3.99. The fraction of sp³-hybridized carbons (Fsp3) is 0.125. The van der Waals surface area contributed by atoms with E-state index in [1.165, 1.54) is 0 Å². The van der Waals surface area contributed by atoms with Crippen LogP contribution in [0.4, 0.5) is 0 Å². The predicted octanol–water partition coefficient (Wildman–Crippen LogP) is 1.39. The molecule has 0 fully saturated rings. The van der Waals surface area contributed by atoms with E-state index in [1.807, 2.05) is 19.1 Å². The van der Waals surface area contributed by atoms with Gasteiger partial charge in [-0.3, -0.25) is 19.6 Å². The van der Waals surface area contributed by atoms with Crippen LogP contribution in [0.3, 0.4) is 0 Å². The van der Waals surface area contributed by atoms with E-state index >= 15 is 0 Å². The molecule has 2 N–H and O–H groups in total. The number of aryl methyl sites for hydroxylation is 1. The van der Waals surface area contributed by atoms with Crippen molar-refractivity contribution in [3.8, 4) is 11.3 Å². The van der Waals surface area contributed by atoms with Crippen LogP contribution in [-0.4, -0.2) is 20.7 Å². The molecule has 0 aliphatic heterocycles. The Hall–Kier alpha value is -3.02. The van der Waals surface area contributed by atoms with Gasteiger partial charge in [0.15, 0.2) is 5.78 Å². The average Bonchev–Trinajstić information content (AvgIpc) is 2.78. The van der Waals surface area contributed by atoms with Gasteiger partial charge >= 0.3 is 5.69 Å². The van der Waals surface area contributed by atoms with Crippen LogP contribution in [0.5, 0.6) is 0 Å². The van der Waals surface area contributed by atoms with Crippen LogP contribution in [0.1, 0.15) is 28.4 Å². The highest BCUT2D eigenvalue weighted by Crippen LogP contribution is 2.38. The highest BCUT2D eigenvalue weighted by atomic mass is 16.2. The van der Waals surface area contributed by atoms with Crippen LogP contribution >= 0.6 is 0 Å². The van der Waals surface area contributed by atoms with Crippen molar-refractivity contribution in [2.45, 2.75) is 13.3 Å². The molecule has 0 unspecified atom stereocenters. The number of carbonyl (C=O) groups is 1. The maximum absolute atomic E-state index is 12.7. The summed E-state index contributed by atoms with van der Waals surface area (Å²) < 4.78 is 0. The maximum Gasteiger partial charge on any atom is 0.327 e. The molecular weight excluding hydrogens is 282 g/mol. The zero-order chi connectivity index (χ0) is 15.4. The van der Waals surface area contributed by atoms with Gasteiger partial charge in [0, 0.05) is 11.1 Å². The molecule has 108 valence electrons. The quantitative estimate of drug-likeness (QED) is 0.554. The first-order chi connectivity index (χ1) is 10.6. The van der Waals surface area contributed by atoms with E-state index in [9.17, 15) is 14.4 Å². The lowest BCUT2D eigenvalue weighted by Crippen LogP contribution is -2.24. The molecule has 1 aliphatic carbocycles. The Labute approximate surface area is 123 Å². The SMILES string of the molecule is CCc1c2c(nc3[nH]c(=O)[nH]c(=O)c13)-c1ccccc1C2=O. The molecule has 0 radical (unpaired) electrons. The van der Waals surface area contributed by atoms with E-state index in [0.717, 1.165) is 5.56 Å². The van der Waals surface area contributed by atoms with Crippen molar-refractivity contribution in [1.29, 1.82) is 0 Å². The molecule has 2 aromatic heterocycles. The minimum Gasteiger partial charge on any atom is -0.291 e. The number of aromatic amines is 2. The van der Waals surface area contributed by atoms with E-state index in [1.54, 1.807) is 12.1 Å². The first kappa shape index (κ1) is 12.7. The summed E-state index contributed by atoms with van der Waals surface area (Å²) in [6.07, 6.45) is 0.496. The Morgan fingerprint density at radius 2 is 1.77 bits per heavy atom. The monoisotopic (exact) mass is 293 g/mol. The van der Waals surface area contributed by atoms with Gasteiger partial charge in [0.2, 0.25) is 0 Å². The third-order valence-electron chi connectivity index (χ3n) is 3.99. The van der Waals surface area contributed by atoms with E-state index in [-0.39, 0.29) is 16.8 Å². The van der Waals surface area contributed by atoms with Crippen molar-refractivity contribution in [2.75, 3.05) is 0 Å². The number of H-pyrrole nitrogens is 2. The molecule has 0 saturated carbocycles. The van der Waals surface area contributed by atoms with Crippen molar-refractivity contribution in [2.24, 2.45) is 0 Å². The Kier molecular flexibility index (Phi) is 2.45. The smallest absolute Gasteiger partial charge is 0.291 e. The third kappa shape index (κ3) is 1.49. The number of pyridine rings is 1. The lowest BCUT2D eigenvalue weighted by atomic mass is 10.00. The summed E-state index contributed by atoms with van der Waals surface area (Å²) in [4.78, 5) is 45.4. The lowest BCUT2D eigenvalue weighted by Gasteiger charge is -2.08. The summed E-state index contributed by atoms with van der Waals surface area (Å²) in [7, 11) is 0. The number of ketones is 1. The molecule has 6 nitrogen and oxygen atoms in total. The summed E-state index contributed by atoms with van der Waals surface area (Å²) in [6, 6.07) is 7.20. The fourth-order valence-corrected chi connectivity index (χ4v) is 3.09. The molecule has 3 aromatic rings. The normalized spacial score (nSPS) is 12.5. The number of hydrogen-bond acceptors (Lipinski definition) is 4. The number of rotatable bonds is 1. The topological polar surface area (TPSA) is 95.7 Å². The second-order valence-electron chi connectivity index (χ2n) is 5.17. The zero-order valence-corrected chi connectivity index (χ0v) is 11.7. The summed E-state index contributed by atoms with van der Waals surface area (Å²) >= 11 is 0. The Bertz CT molecular complexity index is 1080. The molecule has 22 heavy (non-hydrogen) atoms. The largest absolute Gasteiger partial charge is 0.327 e. The molecule has 0 bridgehead atoms. The van der Waals surface area contributed by atoms with Gasteiger partial charge in [-0.15, -0.1) is 0 Å². The molecule has 6 heteroatoms. The molecule has 0 amide bonds. The van der Waals surface area contributed by atoms with Crippen LogP contribution in [-0.2, 0) is 6.42 Å². The van der Waals surface area contributed by atoms with Crippen molar-refractivity contribution < 1.29 is 4.79 Å². The first-order valence-electron chi connectivity index (χ1n) is 6.95. The molecule has 4 rings (SSSR count). The number of carbonyl (C=O) groups excluding carboxylic acids is 1. The minimum atomic E-state index is -0.607. The van der Waals surface area contributed by atoms with Gasteiger partial charge in [-0.05, 0) is 12.0 Å². The van der Waals surface area contributed by atoms with Gasteiger partial charge < -0.3 is 0 Å². The van der Waals surface area contributed by atoms with Gasteiger partial charge in [-0.25, -0.2) is 9.78 Å². The number of hydrogen-bond donors (Lipinski definition) is 2. The summed E-state index contributed by atoms with van der Waals surface area (Å²) in [5, 5.41) is 0.280. The molecule has 0 atom stereocenters. The van der Waals surface area contributed by atoms with Crippen LogP contribution in [0.15, 0.2) is 33.9 Å². The molecule has 0 spiro atoms. The van der Waals surface area contributed by atoms with E-state index < -0.39 is 11.2 Å². The van der Waals surface area contributed by atoms with Crippen molar-refractivity contribution in [3.63, 3.8) is 0 Å².